The maximum atomic E-state index is 12.9. The van der Waals surface area contributed by atoms with E-state index >= 15 is 0 Å². The van der Waals surface area contributed by atoms with Crippen molar-refractivity contribution >= 4 is 17.5 Å². The zero-order valence-electron chi connectivity index (χ0n) is 13.2. The fraction of sp³-hybridized carbons (Fsp3) is 0.500. The van der Waals surface area contributed by atoms with E-state index in [9.17, 15) is 13.2 Å². The van der Waals surface area contributed by atoms with Crippen molar-refractivity contribution in [3.63, 3.8) is 0 Å². The molecule has 1 unspecified atom stereocenters. The van der Waals surface area contributed by atoms with Crippen LogP contribution in [0.2, 0.25) is 0 Å². The fourth-order valence-electron chi connectivity index (χ4n) is 2.75. The maximum absolute atomic E-state index is 12.9. The Balaban J connectivity index is 1.87. The van der Waals surface area contributed by atoms with E-state index in [4.69, 9.17) is 10.5 Å². The number of ether oxygens (including phenoxy) is 1. The topological polar surface area (TPSA) is 90.9 Å². The lowest BCUT2D eigenvalue weighted by Gasteiger charge is -2.14. The van der Waals surface area contributed by atoms with Gasteiger partial charge in [0.25, 0.3) is 0 Å². The third-order valence-corrected chi connectivity index (χ3v) is 3.94. The SMILES string of the molecule is Cc1nc(Nc2cnn(C3CCOC3)c2C)nc(N)c1C(F)(F)F. The average molecular weight is 342 g/mol. The van der Waals surface area contributed by atoms with Crippen LogP contribution in [0.1, 0.15) is 29.4 Å². The highest BCUT2D eigenvalue weighted by Crippen LogP contribution is 2.35. The van der Waals surface area contributed by atoms with Crippen LogP contribution in [0.25, 0.3) is 0 Å². The second-order valence-corrected chi connectivity index (χ2v) is 5.62. The Bertz CT molecular complexity index is 728. The Morgan fingerprint density at radius 2 is 2.08 bits per heavy atom. The molecule has 1 saturated heterocycles. The highest BCUT2D eigenvalue weighted by molar-refractivity contribution is 5.58. The zero-order valence-corrected chi connectivity index (χ0v) is 13.2. The standard InChI is InChI=1S/C14H17F3N6O/c1-7-11(14(15,16)17)12(18)22-13(20-7)21-10-5-19-23(8(10)2)9-3-4-24-6-9/h5,9H,3-4,6H2,1-2H3,(H3,18,20,21,22). The monoisotopic (exact) mass is 342 g/mol. The number of rotatable bonds is 3. The third-order valence-electron chi connectivity index (χ3n) is 3.94. The molecule has 0 aliphatic carbocycles. The summed E-state index contributed by atoms with van der Waals surface area (Å²) in [7, 11) is 0. The molecular formula is C14H17F3N6O. The Labute approximate surface area is 136 Å². The lowest BCUT2D eigenvalue weighted by molar-refractivity contribution is -0.137. The summed E-state index contributed by atoms with van der Waals surface area (Å²) in [6, 6.07) is 0.154. The number of aryl methyl sites for hydroxylation is 1. The van der Waals surface area contributed by atoms with Crippen LogP contribution in [0, 0.1) is 13.8 Å². The van der Waals surface area contributed by atoms with Crippen molar-refractivity contribution in [2.75, 3.05) is 24.3 Å². The van der Waals surface area contributed by atoms with Crippen LogP contribution in [0.4, 0.5) is 30.6 Å². The van der Waals surface area contributed by atoms with Gasteiger partial charge < -0.3 is 15.8 Å². The molecule has 0 bridgehead atoms. The summed E-state index contributed by atoms with van der Waals surface area (Å²) in [6.07, 6.45) is -2.14. The first-order valence-electron chi connectivity index (χ1n) is 7.37. The number of nitrogen functional groups attached to an aromatic ring is 1. The molecule has 1 fully saturated rings. The van der Waals surface area contributed by atoms with Gasteiger partial charge in [-0.1, -0.05) is 0 Å². The van der Waals surface area contributed by atoms with Crippen LogP contribution in [0.15, 0.2) is 6.20 Å². The molecule has 2 aromatic heterocycles. The Morgan fingerprint density at radius 1 is 1.33 bits per heavy atom. The van der Waals surface area contributed by atoms with E-state index in [0.29, 0.717) is 18.9 Å². The van der Waals surface area contributed by atoms with Crippen LogP contribution in [0.5, 0.6) is 0 Å². The molecule has 0 amide bonds. The van der Waals surface area contributed by atoms with E-state index in [1.807, 2.05) is 11.6 Å². The molecule has 1 atom stereocenters. The van der Waals surface area contributed by atoms with Crippen molar-refractivity contribution in [2.45, 2.75) is 32.5 Å². The Morgan fingerprint density at radius 3 is 2.67 bits per heavy atom. The van der Waals surface area contributed by atoms with E-state index < -0.39 is 17.6 Å². The van der Waals surface area contributed by atoms with Gasteiger partial charge in [0.15, 0.2) is 0 Å². The van der Waals surface area contributed by atoms with Crippen molar-refractivity contribution in [3.8, 4) is 0 Å². The summed E-state index contributed by atoms with van der Waals surface area (Å²) in [5.74, 6) is -0.602. The normalized spacial score (nSPS) is 18.1. The molecule has 24 heavy (non-hydrogen) atoms. The van der Waals surface area contributed by atoms with Gasteiger partial charge in [-0.25, -0.2) is 4.98 Å². The Hall–Kier alpha value is -2.36. The fourth-order valence-corrected chi connectivity index (χ4v) is 2.75. The molecule has 1 aliphatic heterocycles. The number of hydrogen-bond acceptors (Lipinski definition) is 6. The molecule has 2 aromatic rings. The first kappa shape index (κ1) is 16.5. The molecule has 0 spiro atoms. The number of alkyl halides is 3. The third kappa shape index (κ3) is 3.01. The molecule has 10 heteroatoms. The van der Waals surface area contributed by atoms with E-state index in [1.165, 1.54) is 6.92 Å². The highest BCUT2D eigenvalue weighted by Gasteiger charge is 2.36. The predicted octanol–water partition coefficient (Wildman–Crippen LogP) is 2.60. The summed E-state index contributed by atoms with van der Waals surface area (Å²) in [6.45, 7) is 4.38. The number of nitrogens with two attached hydrogens (primary N) is 1. The molecule has 1 aliphatic rings. The lowest BCUT2D eigenvalue weighted by Crippen LogP contribution is -2.15. The van der Waals surface area contributed by atoms with Crippen LogP contribution in [0.3, 0.4) is 0 Å². The maximum Gasteiger partial charge on any atom is 0.421 e. The van der Waals surface area contributed by atoms with E-state index in [2.05, 4.69) is 20.4 Å². The smallest absolute Gasteiger partial charge is 0.383 e. The minimum atomic E-state index is -4.59. The van der Waals surface area contributed by atoms with Gasteiger partial charge in [0.2, 0.25) is 5.95 Å². The second kappa shape index (κ2) is 5.93. The lowest BCUT2D eigenvalue weighted by atomic mass is 10.2. The molecule has 3 heterocycles. The van der Waals surface area contributed by atoms with Crippen molar-refractivity contribution < 1.29 is 17.9 Å². The predicted molar refractivity (Wildman–Crippen MR) is 80.9 cm³/mol. The largest absolute Gasteiger partial charge is 0.421 e. The molecule has 0 aromatic carbocycles. The average Bonchev–Trinajstić information content (AvgIpc) is 3.07. The molecule has 7 nitrogen and oxygen atoms in total. The molecular weight excluding hydrogens is 325 g/mol. The van der Waals surface area contributed by atoms with Crippen LogP contribution in [-0.4, -0.2) is 33.0 Å². The summed E-state index contributed by atoms with van der Waals surface area (Å²) >= 11 is 0. The number of nitrogens with zero attached hydrogens (tertiary/aromatic N) is 4. The van der Waals surface area contributed by atoms with Gasteiger partial charge in [-0.05, 0) is 20.3 Å². The quantitative estimate of drug-likeness (QED) is 0.891. The molecule has 0 radical (unpaired) electrons. The number of nitrogens with one attached hydrogen (secondary N) is 1. The van der Waals surface area contributed by atoms with Crippen LogP contribution >= 0.6 is 0 Å². The van der Waals surface area contributed by atoms with E-state index in [1.54, 1.807) is 6.20 Å². The van der Waals surface area contributed by atoms with Gasteiger partial charge >= 0.3 is 6.18 Å². The van der Waals surface area contributed by atoms with Gasteiger partial charge in [0.05, 0.1) is 35.9 Å². The van der Waals surface area contributed by atoms with Gasteiger partial charge in [0.1, 0.15) is 11.4 Å². The van der Waals surface area contributed by atoms with Crippen LogP contribution < -0.4 is 11.1 Å². The number of aromatic nitrogens is 4. The van der Waals surface area contributed by atoms with E-state index in [0.717, 1.165) is 12.1 Å². The molecule has 3 N–H and O–H groups in total. The van der Waals surface area contributed by atoms with Crippen molar-refractivity contribution in [1.82, 2.24) is 19.7 Å². The minimum Gasteiger partial charge on any atom is -0.383 e. The van der Waals surface area contributed by atoms with Gasteiger partial charge in [-0.3, -0.25) is 4.68 Å². The van der Waals surface area contributed by atoms with Crippen LogP contribution in [-0.2, 0) is 10.9 Å². The highest BCUT2D eigenvalue weighted by atomic mass is 19.4. The summed E-state index contributed by atoms with van der Waals surface area (Å²) < 4.78 is 45.9. The first-order valence-corrected chi connectivity index (χ1v) is 7.37. The number of anilines is 3. The zero-order chi connectivity index (χ0) is 17.5. The number of hydrogen-bond donors (Lipinski definition) is 2. The Kier molecular flexibility index (Phi) is 4.08. The minimum absolute atomic E-state index is 0.00308. The van der Waals surface area contributed by atoms with Gasteiger partial charge in [0, 0.05) is 6.61 Å². The second-order valence-electron chi connectivity index (χ2n) is 5.62. The molecule has 130 valence electrons. The number of halogens is 3. The van der Waals surface area contributed by atoms with Gasteiger partial charge in [-0.15, -0.1) is 0 Å². The first-order chi connectivity index (χ1) is 11.3. The van der Waals surface area contributed by atoms with Crippen molar-refractivity contribution in [2.24, 2.45) is 0 Å². The van der Waals surface area contributed by atoms with Crippen molar-refractivity contribution in [1.29, 1.82) is 0 Å². The summed E-state index contributed by atoms with van der Waals surface area (Å²) in [4.78, 5) is 7.58. The van der Waals surface area contributed by atoms with Crippen molar-refractivity contribution in [3.05, 3.63) is 23.1 Å². The summed E-state index contributed by atoms with van der Waals surface area (Å²) in [5.41, 5.74) is 5.65. The van der Waals surface area contributed by atoms with E-state index in [-0.39, 0.29) is 17.7 Å². The summed E-state index contributed by atoms with van der Waals surface area (Å²) in [5, 5.41) is 7.19. The molecule has 0 saturated carbocycles. The van der Waals surface area contributed by atoms with Gasteiger partial charge in [-0.2, -0.15) is 23.3 Å². The molecule has 3 rings (SSSR count).